The first kappa shape index (κ1) is 19.4. The highest BCUT2D eigenvalue weighted by Gasteiger charge is 2.32. The summed E-state index contributed by atoms with van der Waals surface area (Å²) >= 11 is 7.44. The Hall–Kier alpha value is -3.56. The maximum absolute atomic E-state index is 12.8. The maximum atomic E-state index is 12.8. The van der Waals surface area contributed by atoms with E-state index in [1.165, 1.54) is 11.3 Å². The van der Waals surface area contributed by atoms with Crippen LogP contribution in [0.5, 0.6) is 0 Å². The monoisotopic (exact) mass is 449 g/mol. The molecule has 1 aliphatic rings. The molecule has 1 atom stereocenters. The van der Waals surface area contributed by atoms with Crippen LogP contribution in [0.15, 0.2) is 72.3 Å². The Morgan fingerprint density at radius 1 is 1.13 bits per heavy atom. The first-order valence-electron chi connectivity index (χ1n) is 9.46. The van der Waals surface area contributed by atoms with Crippen molar-refractivity contribution in [3.63, 3.8) is 0 Å². The zero-order valence-electron chi connectivity index (χ0n) is 16.1. The number of nitrogens with zero attached hydrogens (tertiary/aromatic N) is 6. The number of hydrogen-bond donors (Lipinski definition) is 1. The largest absolute Gasteiger partial charge is 0.300 e. The van der Waals surface area contributed by atoms with E-state index in [9.17, 15) is 4.79 Å². The van der Waals surface area contributed by atoms with E-state index in [1.54, 1.807) is 10.9 Å². The summed E-state index contributed by atoms with van der Waals surface area (Å²) in [5.74, 6) is 0.270. The van der Waals surface area contributed by atoms with Gasteiger partial charge in [-0.1, -0.05) is 59.2 Å². The number of rotatable bonds is 5. The molecular formula is C21H16ClN7OS. The Bertz CT molecular complexity index is 1220. The van der Waals surface area contributed by atoms with E-state index >= 15 is 0 Å². The molecule has 0 saturated carbocycles. The van der Waals surface area contributed by atoms with Crippen molar-refractivity contribution in [2.24, 2.45) is 0 Å². The quantitative estimate of drug-likeness (QED) is 0.497. The van der Waals surface area contributed by atoms with Gasteiger partial charge in [-0.2, -0.15) is 4.68 Å². The second-order valence-corrected chi connectivity index (χ2v) is 8.14. The van der Waals surface area contributed by atoms with Gasteiger partial charge in [-0.3, -0.25) is 9.69 Å². The van der Waals surface area contributed by atoms with Crippen LogP contribution < -0.4 is 10.2 Å². The number of allylic oxidation sites excluding steroid dienone is 1. The minimum absolute atomic E-state index is 0.0357. The van der Waals surface area contributed by atoms with Crippen LogP contribution in [0.4, 0.5) is 11.1 Å². The number of amides is 1. The third kappa shape index (κ3) is 3.92. The molecule has 0 spiro atoms. The molecule has 0 radical (unpaired) electrons. The molecule has 10 heteroatoms. The van der Waals surface area contributed by atoms with Gasteiger partial charge in [0.2, 0.25) is 5.91 Å². The summed E-state index contributed by atoms with van der Waals surface area (Å²) < 4.78 is 1.70. The highest BCUT2D eigenvalue weighted by molar-refractivity contribution is 7.13. The number of thiazole rings is 1. The van der Waals surface area contributed by atoms with Crippen molar-refractivity contribution in [1.82, 2.24) is 25.2 Å². The maximum Gasteiger partial charge on any atom is 0.251 e. The molecule has 2 aromatic carbocycles. The standard InChI is InChI=1S/C21H16ClN7OS/c22-16-8-6-15(7-9-16)18-12-17(14-4-2-1-3-5-14)28(21-25-26-27-29(18)21)13-19(30)24-20-23-10-11-31-20/h1-12,18H,13H2,(H,23,24,30)/t18-/m1/s1. The van der Waals surface area contributed by atoms with Gasteiger partial charge in [-0.25, -0.2) is 4.98 Å². The van der Waals surface area contributed by atoms with Gasteiger partial charge in [0.1, 0.15) is 12.6 Å². The van der Waals surface area contributed by atoms with E-state index in [-0.39, 0.29) is 18.5 Å². The van der Waals surface area contributed by atoms with Crippen molar-refractivity contribution >= 4 is 45.6 Å². The number of halogens is 1. The predicted octanol–water partition coefficient (Wildman–Crippen LogP) is 3.87. The Balaban J connectivity index is 1.55. The fraction of sp³-hybridized carbons (Fsp3) is 0.0952. The van der Waals surface area contributed by atoms with E-state index in [0.29, 0.717) is 16.1 Å². The third-order valence-corrected chi connectivity index (χ3v) is 5.79. The number of carbonyl (C=O) groups excluding carboxylic acids is 1. The smallest absolute Gasteiger partial charge is 0.251 e. The number of anilines is 2. The lowest BCUT2D eigenvalue weighted by Crippen LogP contribution is -2.37. The van der Waals surface area contributed by atoms with Crippen LogP contribution in [0.3, 0.4) is 0 Å². The second-order valence-electron chi connectivity index (χ2n) is 6.81. The molecule has 1 aliphatic heterocycles. The summed E-state index contributed by atoms with van der Waals surface area (Å²) in [6.45, 7) is 0.0357. The SMILES string of the molecule is O=C(CN1C(c2ccccc2)=C[C@H](c2ccc(Cl)cc2)n2nnnc21)Nc1nccs1. The van der Waals surface area contributed by atoms with Gasteiger partial charge in [0.05, 0.1) is 5.70 Å². The highest BCUT2D eigenvalue weighted by atomic mass is 35.5. The molecule has 0 aliphatic carbocycles. The van der Waals surface area contributed by atoms with E-state index in [4.69, 9.17) is 11.6 Å². The van der Waals surface area contributed by atoms with Crippen LogP contribution in [0.2, 0.25) is 5.02 Å². The molecule has 4 aromatic rings. The Kier molecular flexibility index (Phi) is 5.19. The summed E-state index contributed by atoms with van der Waals surface area (Å²) in [5, 5.41) is 18.1. The first-order chi connectivity index (χ1) is 15.2. The van der Waals surface area contributed by atoms with Gasteiger partial charge in [0.15, 0.2) is 5.13 Å². The van der Waals surface area contributed by atoms with Crippen LogP contribution in [-0.2, 0) is 4.79 Å². The molecule has 0 fully saturated rings. The Morgan fingerprint density at radius 2 is 1.94 bits per heavy atom. The summed E-state index contributed by atoms with van der Waals surface area (Å²) in [6.07, 6.45) is 3.70. The van der Waals surface area contributed by atoms with Crippen LogP contribution in [0, 0.1) is 0 Å². The Labute approximate surface area is 186 Å². The van der Waals surface area contributed by atoms with Crippen LogP contribution in [-0.4, -0.2) is 37.6 Å². The molecule has 3 heterocycles. The fourth-order valence-corrected chi connectivity index (χ4v) is 4.14. The minimum Gasteiger partial charge on any atom is -0.300 e. The molecule has 8 nitrogen and oxygen atoms in total. The summed E-state index contributed by atoms with van der Waals surface area (Å²) in [6, 6.07) is 17.2. The van der Waals surface area contributed by atoms with Crippen molar-refractivity contribution < 1.29 is 4.79 Å². The van der Waals surface area contributed by atoms with Gasteiger partial charge in [0.25, 0.3) is 5.95 Å². The number of benzene rings is 2. The third-order valence-electron chi connectivity index (χ3n) is 4.85. The first-order valence-corrected chi connectivity index (χ1v) is 10.7. The zero-order chi connectivity index (χ0) is 21.2. The molecule has 154 valence electrons. The van der Waals surface area contributed by atoms with Crippen molar-refractivity contribution in [1.29, 1.82) is 0 Å². The van der Waals surface area contributed by atoms with Crippen molar-refractivity contribution in [2.45, 2.75) is 6.04 Å². The van der Waals surface area contributed by atoms with E-state index in [2.05, 4.69) is 31.9 Å². The lowest BCUT2D eigenvalue weighted by molar-refractivity contribution is -0.114. The average Bonchev–Trinajstić information content (AvgIpc) is 3.47. The molecule has 5 rings (SSSR count). The van der Waals surface area contributed by atoms with Crippen molar-refractivity contribution in [2.75, 3.05) is 16.8 Å². The number of aromatic nitrogens is 5. The molecule has 1 amide bonds. The summed E-state index contributed by atoms with van der Waals surface area (Å²) in [5.41, 5.74) is 2.79. The Morgan fingerprint density at radius 3 is 2.68 bits per heavy atom. The van der Waals surface area contributed by atoms with Crippen LogP contribution in [0.1, 0.15) is 17.2 Å². The molecule has 0 bridgehead atoms. The molecular weight excluding hydrogens is 434 g/mol. The van der Waals surface area contributed by atoms with Gasteiger partial charge >= 0.3 is 0 Å². The van der Waals surface area contributed by atoms with Gasteiger partial charge in [0, 0.05) is 16.6 Å². The number of hydrogen-bond acceptors (Lipinski definition) is 7. The molecule has 2 aromatic heterocycles. The molecule has 0 unspecified atom stereocenters. The fourth-order valence-electron chi connectivity index (χ4n) is 3.47. The van der Waals surface area contributed by atoms with Crippen LogP contribution in [0.25, 0.3) is 5.70 Å². The molecule has 1 N–H and O–H groups in total. The lowest BCUT2D eigenvalue weighted by atomic mass is 10.0. The number of tetrazole rings is 1. The lowest BCUT2D eigenvalue weighted by Gasteiger charge is -2.32. The van der Waals surface area contributed by atoms with Crippen LogP contribution >= 0.6 is 22.9 Å². The summed E-state index contributed by atoms with van der Waals surface area (Å²) in [7, 11) is 0. The highest BCUT2D eigenvalue weighted by Crippen LogP contribution is 2.36. The average molecular weight is 450 g/mol. The number of nitrogens with one attached hydrogen (secondary N) is 1. The van der Waals surface area contributed by atoms with Gasteiger partial charge < -0.3 is 5.32 Å². The van der Waals surface area contributed by atoms with Crippen molar-refractivity contribution in [3.05, 3.63) is 88.4 Å². The predicted molar refractivity (Wildman–Crippen MR) is 120 cm³/mol. The topological polar surface area (TPSA) is 88.8 Å². The normalized spacial score (nSPS) is 15.3. The number of fused-ring (bicyclic) bond motifs is 1. The molecule has 31 heavy (non-hydrogen) atoms. The second kappa shape index (κ2) is 8.29. The van der Waals surface area contributed by atoms with Gasteiger partial charge in [-0.05, 0) is 39.8 Å². The van der Waals surface area contributed by atoms with E-state index < -0.39 is 0 Å². The van der Waals surface area contributed by atoms with E-state index in [0.717, 1.165) is 16.8 Å². The number of carbonyl (C=O) groups is 1. The van der Waals surface area contributed by atoms with E-state index in [1.807, 2.05) is 64.9 Å². The van der Waals surface area contributed by atoms with Crippen molar-refractivity contribution in [3.8, 4) is 0 Å². The minimum atomic E-state index is -0.240. The molecule has 0 saturated heterocycles. The zero-order valence-corrected chi connectivity index (χ0v) is 17.7. The van der Waals surface area contributed by atoms with Gasteiger partial charge in [-0.15, -0.1) is 11.3 Å². The summed E-state index contributed by atoms with van der Waals surface area (Å²) in [4.78, 5) is 18.7.